The number of anilines is 1. The molecule has 20 heavy (non-hydrogen) atoms. The highest BCUT2D eigenvalue weighted by Gasteiger charge is 2.10. The quantitative estimate of drug-likeness (QED) is 0.731. The number of halogens is 2. The summed E-state index contributed by atoms with van der Waals surface area (Å²) in [5, 5.41) is 0. The third-order valence-corrected chi connectivity index (χ3v) is 3.41. The number of rotatable bonds is 2. The van der Waals surface area contributed by atoms with E-state index in [9.17, 15) is 9.18 Å². The number of nitrogens with two attached hydrogens (primary N) is 1. The SMILES string of the molecule is Nc1ccc2c(c1)oc(=O)n2Cc1cc(F)cc(Br)c1. The van der Waals surface area contributed by atoms with Crippen LogP contribution in [0.1, 0.15) is 5.56 Å². The number of nitrogen functional groups attached to an aromatic ring is 1. The molecule has 0 saturated heterocycles. The molecule has 4 nitrogen and oxygen atoms in total. The van der Waals surface area contributed by atoms with Crippen molar-refractivity contribution in [1.82, 2.24) is 4.57 Å². The molecule has 0 saturated carbocycles. The number of benzene rings is 2. The minimum Gasteiger partial charge on any atom is -0.408 e. The predicted octanol–water partition coefficient (Wildman–Crippen LogP) is 3.13. The van der Waals surface area contributed by atoms with E-state index in [1.54, 1.807) is 24.3 Å². The first-order valence-electron chi connectivity index (χ1n) is 5.87. The van der Waals surface area contributed by atoms with E-state index in [1.165, 1.54) is 16.7 Å². The van der Waals surface area contributed by atoms with Crippen LogP contribution in [0.4, 0.5) is 10.1 Å². The fourth-order valence-electron chi connectivity index (χ4n) is 2.12. The van der Waals surface area contributed by atoms with Gasteiger partial charge in [0.25, 0.3) is 0 Å². The van der Waals surface area contributed by atoms with E-state index in [2.05, 4.69) is 15.9 Å². The molecule has 0 fully saturated rings. The monoisotopic (exact) mass is 336 g/mol. The fourth-order valence-corrected chi connectivity index (χ4v) is 2.63. The van der Waals surface area contributed by atoms with E-state index < -0.39 is 5.76 Å². The smallest absolute Gasteiger partial charge is 0.408 e. The van der Waals surface area contributed by atoms with Crippen LogP contribution in [0.15, 0.2) is 50.1 Å². The van der Waals surface area contributed by atoms with Gasteiger partial charge in [-0.3, -0.25) is 4.57 Å². The molecule has 3 aromatic rings. The average Bonchev–Trinajstić information content (AvgIpc) is 2.64. The van der Waals surface area contributed by atoms with Crippen molar-refractivity contribution >= 4 is 32.7 Å². The normalized spacial score (nSPS) is 11.1. The molecule has 0 aliphatic carbocycles. The Balaban J connectivity index is 2.10. The van der Waals surface area contributed by atoms with E-state index in [-0.39, 0.29) is 12.4 Å². The lowest BCUT2D eigenvalue weighted by Crippen LogP contribution is -2.14. The van der Waals surface area contributed by atoms with Gasteiger partial charge in [0.15, 0.2) is 5.58 Å². The van der Waals surface area contributed by atoms with Crippen molar-refractivity contribution in [2.45, 2.75) is 6.54 Å². The molecule has 3 rings (SSSR count). The van der Waals surface area contributed by atoms with Crippen LogP contribution in [-0.2, 0) is 6.54 Å². The van der Waals surface area contributed by atoms with Crippen molar-refractivity contribution in [2.24, 2.45) is 0 Å². The fraction of sp³-hybridized carbons (Fsp3) is 0.0714. The predicted molar refractivity (Wildman–Crippen MR) is 78.1 cm³/mol. The lowest BCUT2D eigenvalue weighted by molar-refractivity contribution is 0.517. The minimum atomic E-state index is -0.494. The highest BCUT2D eigenvalue weighted by molar-refractivity contribution is 9.10. The second-order valence-corrected chi connectivity index (χ2v) is 5.37. The standard InChI is InChI=1S/C14H10BrFN2O2/c15-9-3-8(4-10(16)5-9)7-18-12-2-1-11(17)6-13(12)20-14(18)19/h1-6H,7,17H2. The third-order valence-electron chi connectivity index (χ3n) is 2.96. The van der Waals surface area contributed by atoms with Gasteiger partial charge in [-0.15, -0.1) is 0 Å². The van der Waals surface area contributed by atoms with Gasteiger partial charge in [-0.25, -0.2) is 9.18 Å². The highest BCUT2D eigenvalue weighted by Crippen LogP contribution is 2.19. The van der Waals surface area contributed by atoms with Crippen LogP contribution in [0.3, 0.4) is 0 Å². The summed E-state index contributed by atoms with van der Waals surface area (Å²) >= 11 is 3.23. The first-order valence-corrected chi connectivity index (χ1v) is 6.66. The molecule has 0 radical (unpaired) electrons. The molecule has 0 unspecified atom stereocenters. The molecule has 1 aromatic heterocycles. The van der Waals surface area contributed by atoms with E-state index in [0.29, 0.717) is 26.8 Å². The number of hydrogen-bond acceptors (Lipinski definition) is 3. The zero-order chi connectivity index (χ0) is 14.3. The maximum atomic E-state index is 13.4. The van der Waals surface area contributed by atoms with Crippen LogP contribution in [0.2, 0.25) is 0 Å². The van der Waals surface area contributed by atoms with E-state index in [0.717, 1.165) is 0 Å². The van der Waals surface area contributed by atoms with Gasteiger partial charge >= 0.3 is 5.76 Å². The summed E-state index contributed by atoms with van der Waals surface area (Å²) in [7, 11) is 0. The summed E-state index contributed by atoms with van der Waals surface area (Å²) in [5.41, 5.74) is 7.88. The molecule has 0 aliphatic rings. The molecule has 0 spiro atoms. The Morgan fingerprint density at radius 1 is 1.25 bits per heavy atom. The second kappa shape index (κ2) is 4.79. The molecule has 0 atom stereocenters. The molecule has 0 amide bonds. The summed E-state index contributed by atoms with van der Waals surface area (Å²) < 4.78 is 20.6. The number of hydrogen-bond donors (Lipinski definition) is 1. The van der Waals surface area contributed by atoms with E-state index in [1.807, 2.05) is 0 Å². The number of oxazole rings is 1. The van der Waals surface area contributed by atoms with E-state index in [4.69, 9.17) is 10.2 Å². The Labute approximate surface area is 121 Å². The first kappa shape index (κ1) is 12.9. The van der Waals surface area contributed by atoms with Gasteiger partial charge in [-0.05, 0) is 35.9 Å². The zero-order valence-corrected chi connectivity index (χ0v) is 11.9. The Morgan fingerprint density at radius 3 is 2.80 bits per heavy atom. The number of fused-ring (bicyclic) bond motifs is 1. The largest absolute Gasteiger partial charge is 0.420 e. The Bertz CT molecular complexity index is 834. The lowest BCUT2D eigenvalue weighted by atomic mass is 10.2. The third kappa shape index (κ3) is 2.34. The van der Waals surface area contributed by atoms with Gasteiger partial charge < -0.3 is 10.2 Å². The maximum absolute atomic E-state index is 13.4. The van der Waals surface area contributed by atoms with Crippen LogP contribution < -0.4 is 11.5 Å². The molecule has 0 aliphatic heterocycles. The molecule has 2 aromatic carbocycles. The van der Waals surface area contributed by atoms with Crippen LogP contribution in [-0.4, -0.2) is 4.57 Å². The van der Waals surface area contributed by atoms with E-state index >= 15 is 0 Å². The number of nitrogens with zero attached hydrogens (tertiary/aromatic N) is 1. The van der Waals surface area contributed by atoms with Crippen molar-refractivity contribution < 1.29 is 8.81 Å². The van der Waals surface area contributed by atoms with Crippen molar-refractivity contribution in [3.05, 3.63) is 62.8 Å². The van der Waals surface area contributed by atoms with Gasteiger partial charge in [-0.1, -0.05) is 15.9 Å². The Morgan fingerprint density at radius 2 is 2.05 bits per heavy atom. The lowest BCUT2D eigenvalue weighted by Gasteiger charge is -2.04. The van der Waals surface area contributed by atoms with Gasteiger partial charge in [0.05, 0.1) is 12.1 Å². The molecule has 1 heterocycles. The minimum absolute atomic E-state index is 0.228. The molecule has 6 heteroatoms. The Hall–Kier alpha value is -2.08. The summed E-state index contributed by atoms with van der Waals surface area (Å²) in [5.74, 6) is -0.856. The van der Waals surface area contributed by atoms with Crippen molar-refractivity contribution in [1.29, 1.82) is 0 Å². The van der Waals surface area contributed by atoms with Crippen molar-refractivity contribution in [3.63, 3.8) is 0 Å². The second-order valence-electron chi connectivity index (χ2n) is 4.46. The van der Waals surface area contributed by atoms with Gasteiger partial charge in [0, 0.05) is 16.2 Å². The van der Waals surface area contributed by atoms with Gasteiger partial charge in [0.1, 0.15) is 5.82 Å². The van der Waals surface area contributed by atoms with Gasteiger partial charge in [0.2, 0.25) is 0 Å². The van der Waals surface area contributed by atoms with Crippen LogP contribution in [0.5, 0.6) is 0 Å². The number of aromatic nitrogens is 1. The van der Waals surface area contributed by atoms with Crippen LogP contribution in [0.25, 0.3) is 11.1 Å². The van der Waals surface area contributed by atoms with Crippen molar-refractivity contribution in [2.75, 3.05) is 5.73 Å². The average molecular weight is 337 g/mol. The van der Waals surface area contributed by atoms with Crippen LogP contribution >= 0.6 is 15.9 Å². The Kier molecular flexibility index (Phi) is 3.10. The maximum Gasteiger partial charge on any atom is 0.420 e. The molecular formula is C14H10BrFN2O2. The van der Waals surface area contributed by atoms with Gasteiger partial charge in [-0.2, -0.15) is 0 Å². The summed E-state index contributed by atoms with van der Waals surface area (Å²) in [6.45, 7) is 0.228. The first-order chi connectivity index (χ1) is 9.52. The van der Waals surface area contributed by atoms with Crippen molar-refractivity contribution in [3.8, 4) is 0 Å². The highest BCUT2D eigenvalue weighted by atomic mass is 79.9. The van der Waals surface area contributed by atoms with Crippen LogP contribution in [0, 0.1) is 5.82 Å². The topological polar surface area (TPSA) is 61.2 Å². The molecular weight excluding hydrogens is 327 g/mol. The molecule has 2 N–H and O–H groups in total. The molecule has 102 valence electrons. The summed E-state index contributed by atoms with van der Waals surface area (Å²) in [6.07, 6.45) is 0. The zero-order valence-electron chi connectivity index (χ0n) is 10.3. The summed E-state index contributed by atoms with van der Waals surface area (Å²) in [4.78, 5) is 11.9. The molecule has 0 bridgehead atoms. The summed E-state index contributed by atoms with van der Waals surface area (Å²) in [6, 6.07) is 9.49.